The topological polar surface area (TPSA) is 86.2 Å². The van der Waals surface area contributed by atoms with Crippen LogP contribution in [-0.4, -0.2) is 11.8 Å². The molecule has 0 aromatic heterocycles. The van der Waals surface area contributed by atoms with E-state index >= 15 is 0 Å². The van der Waals surface area contributed by atoms with Crippen molar-refractivity contribution in [3.8, 4) is 0 Å². The molecule has 0 aliphatic heterocycles. The number of hydrogen-bond acceptors (Lipinski definition) is 2. The van der Waals surface area contributed by atoms with Crippen LogP contribution >= 0.6 is 0 Å². The third-order valence-corrected chi connectivity index (χ3v) is 1.45. The van der Waals surface area contributed by atoms with Crippen LogP contribution in [0.3, 0.4) is 0 Å². The summed E-state index contributed by atoms with van der Waals surface area (Å²) in [5.74, 6) is -1.04. The molecule has 0 fully saturated rings. The predicted molar refractivity (Wildman–Crippen MR) is 54.7 cm³/mol. The van der Waals surface area contributed by atoms with E-state index in [1.807, 2.05) is 0 Å². The lowest BCUT2D eigenvalue weighted by atomic mass is 10.1. The quantitative estimate of drug-likeness (QED) is 0.675. The number of nitrogens with two attached hydrogens (primary N) is 2. The van der Waals surface area contributed by atoms with Gasteiger partial charge in [-0.1, -0.05) is 0 Å². The Balaban J connectivity index is 0.000000791. The van der Waals surface area contributed by atoms with Gasteiger partial charge in [0.05, 0.1) is 0 Å². The molecule has 1 aromatic rings. The fourth-order valence-corrected chi connectivity index (χ4v) is 0.799. The summed E-state index contributed by atoms with van der Waals surface area (Å²) in [6, 6.07) is 5.84. The van der Waals surface area contributed by atoms with E-state index in [2.05, 4.69) is 13.2 Å². The molecule has 4 N–H and O–H groups in total. The molecule has 4 nitrogen and oxygen atoms in total. The molecule has 0 bridgehead atoms. The van der Waals surface area contributed by atoms with Crippen molar-refractivity contribution in [2.24, 2.45) is 11.5 Å². The van der Waals surface area contributed by atoms with Crippen LogP contribution in [0.2, 0.25) is 0 Å². The van der Waals surface area contributed by atoms with E-state index in [-0.39, 0.29) is 0 Å². The van der Waals surface area contributed by atoms with Crippen LogP contribution < -0.4 is 11.5 Å². The lowest BCUT2D eigenvalue weighted by molar-refractivity contribution is 0.0988. The fraction of sp³-hybridized carbons (Fsp3) is 0. The molecule has 2 amide bonds. The van der Waals surface area contributed by atoms with Crippen LogP contribution in [0.25, 0.3) is 0 Å². The zero-order valence-electron chi connectivity index (χ0n) is 7.69. The Morgan fingerprint density at radius 1 is 0.857 bits per heavy atom. The second-order valence-electron chi connectivity index (χ2n) is 2.31. The van der Waals surface area contributed by atoms with Crippen molar-refractivity contribution in [2.75, 3.05) is 0 Å². The van der Waals surface area contributed by atoms with Crippen molar-refractivity contribution in [3.05, 3.63) is 48.6 Å². The molecule has 0 saturated heterocycles. The van der Waals surface area contributed by atoms with Gasteiger partial charge in [0.15, 0.2) is 0 Å². The van der Waals surface area contributed by atoms with Gasteiger partial charge < -0.3 is 11.5 Å². The van der Waals surface area contributed by atoms with E-state index < -0.39 is 11.8 Å². The Morgan fingerprint density at radius 2 is 1.07 bits per heavy atom. The summed E-state index contributed by atoms with van der Waals surface area (Å²) < 4.78 is 0. The summed E-state index contributed by atoms with van der Waals surface area (Å²) in [5, 5.41) is 0. The van der Waals surface area contributed by atoms with Gasteiger partial charge in [0, 0.05) is 11.1 Å². The average molecular weight is 192 g/mol. The lowest BCUT2D eigenvalue weighted by Crippen LogP contribution is -2.13. The van der Waals surface area contributed by atoms with Crippen LogP contribution in [0, 0.1) is 0 Å². The van der Waals surface area contributed by atoms with Crippen molar-refractivity contribution in [2.45, 2.75) is 0 Å². The molecule has 0 aliphatic carbocycles. The predicted octanol–water partition coefficient (Wildman–Crippen LogP) is 0.687. The van der Waals surface area contributed by atoms with E-state index in [1.54, 1.807) is 0 Å². The van der Waals surface area contributed by atoms with Crippen LogP contribution in [0.5, 0.6) is 0 Å². The summed E-state index contributed by atoms with van der Waals surface area (Å²) in [6.45, 7) is 6.00. The number of carbonyl (C=O) groups is 2. The molecule has 1 aromatic carbocycles. The fourth-order valence-electron chi connectivity index (χ4n) is 0.799. The number of rotatable bonds is 2. The van der Waals surface area contributed by atoms with Crippen LogP contribution in [0.4, 0.5) is 0 Å². The Morgan fingerprint density at radius 3 is 1.21 bits per heavy atom. The first-order valence-electron chi connectivity index (χ1n) is 3.81. The largest absolute Gasteiger partial charge is 0.366 e. The number of carbonyl (C=O) groups excluding carboxylic acids is 2. The first-order valence-corrected chi connectivity index (χ1v) is 3.81. The van der Waals surface area contributed by atoms with Crippen LogP contribution in [0.15, 0.2) is 37.4 Å². The molecule has 0 unspecified atom stereocenters. The normalized spacial score (nSPS) is 8.29. The van der Waals surface area contributed by atoms with E-state index in [9.17, 15) is 9.59 Å². The van der Waals surface area contributed by atoms with Gasteiger partial charge in [-0.3, -0.25) is 9.59 Å². The Kier molecular flexibility index (Phi) is 4.70. The summed E-state index contributed by atoms with van der Waals surface area (Å²) in [7, 11) is 0. The highest BCUT2D eigenvalue weighted by Gasteiger charge is 2.02. The highest BCUT2D eigenvalue weighted by Crippen LogP contribution is 2.02. The molecule has 0 heterocycles. The SMILES string of the molecule is C=C.NC(=O)c1ccc(C(N)=O)cc1. The van der Waals surface area contributed by atoms with Gasteiger partial charge >= 0.3 is 0 Å². The molecule has 0 spiro atoms. The third-order valence-electron chi connectivity index (χ3n) is 1.45. The number of hydrogen-bond donors (Lipinski definition) is 2. The van der Waals surface area contributed by atoms with Crippen molar-refractivity contribution in [1.29, 1.82) is 0 Å². The zero-order chi connectivity index (χ0) is 11.1. The smallest absolute Gasteiger partial charge is 0.248 e. The standard InChI is InChI=1S/C8H8N2O2.C2H4/c9-7(11)5-1-2-6(4-3-5)8(10)12;1-2/h1-4H,(H2,9,11)(H2,10,12);1-2H2. The number of primary amides is 2. The van der Waals surface area contributed by atoms with Gasteiger partial charge in [0.1, 0.15) is 0 Å². The van der Waals surface area contributed by atoms with Gasteiger partial charge in [-0.25, -0.2) is 0 Å². The molecule has 0 atom stereocenters. The maximum atomic E-state index is 10.6. The molecule has 14 heavy (non-hydrogen) atoms. The molecule has 4 heteroatoms. The zero-order valence-corrected chi connectivity index (χ0v) is 7.69. The van der Waals surface area contributed by atoms with E-state index in [1.165, 1.54) is 24.3 Å². The lowest BCUT2D eigenvalue weighted by Gasteiger charge is -1.96. The van der Waals surface area contributed by atoms with Crippen molar-refractivity contribution < 1.29 is 9.59 Å². The van der Waals surface area contributed by atoms with Crippen molar-refractivity contribution in [1.82, 2.24) is 0 Å². The Hall–Kier alpha value is -2.10. The van der Waals surface area contributed by atoms with Crippen LogP contribution in [0.1, 0.15) is 20.7 Å². The highest BCUT2D eigenvalue weighted by molar-refractivity contribution is 5.96. The summed E-state index contributed by atoms with van der Waals surface area (Å²) in [6.07, 6.45) is 0. The summed E-state index contributed by atoms with van der Waals surface area (Å²) in [5.41, 5.74) is 10.7. The number of benzene rings is 1. The molecule has 0 radical (unpaired) electrons. The van der Waals surface area contributed by atoms with E-state index in [4.69, 9.17) is 11.5 Å². The van der Waals surface area contributed by atoms with E-state index in [0.29, 0.717) is 11.1 Å². The Labute approximate surface area is 82.2 Å². The first-order chi connectivity index (χ1) is 6.61. The summed E-state index contributed by atoms with van der Waals surface area (Å²) in [4.78, 5) is 21.2. The van der Waals surface area contributed by atoms with Gasteiger partial charge in [-0.2, -0.15) is 0 Å². The average Bonchev–Trinajstić information content (AvgIpc) is 2.21. The highest BCUT2D eigenvalue weighted by atomic mass is 16.1. The van der Waals surface area contributed by atoms with Gasteiger partial charge in [0.2, 0.25) is 11.8 Å². The summed E-state index contributed by atoms with van der Waals surface area (Å²) >= 11 is 0. The second kappa shape index (κ2) is 5.53. The molecular weight excluding hydrogens is 180 g/mol. The molecule has 1 rings (SSSR count). The number of amides is 2. The van der Waals surface area contributed by atoms with Crippen LogP contribution in [-0.2, 0) is 0 Å². The Bertz CT molecular complexity index is 297. The maximum absolute atomic E-state index is 10.6. The van der Waals surface area contributed by atoms with Gasteiger partial charge in [-0.15, -0.1) is 13.2 Å². The minimum absolute atomic E-state index is 0.361. The monoisotopic (exact) mass is 192 g/mol. The second-order valence-corrected chi connectivity index (χ2v) is 2.31. The molecule has 74 valence electrons. The minimum atomic E-state index is -0.522. The van der Waals surface area contributed by atoms with E-state index in [0.717, 1.165) is 0 Å². The molecule has 0 aliphatic rings. The minimum Gasteiger partial charge on any atom is -0.366 e. The van der Waals surface area contributed by atoms with Crippen molar-refractivity contribution in [3.63, 3.8) is 0 Å². The third kappa shape index (κ3) is 3.10. The van der Waals surface area contributed by atoms with Crippen molar-refractivity contribution >= 4 is 11.8 Å². The van der Waals surface area contributed by atoms with Gasteiger partial charge in [0.25, 0.3) is 0 Å². The van der Waals surface area contributed by atoms with Gasteiger partial charge in [-0.05, 0) is 24.3 Å². The molecule has 0 saturated carbocycles. The maximum Gasteiger partial charge on any atom is 0.248 e. The molecular formula is C10H12N2O2. The first kappa shape index (κ1) is 11.9.